The second-order valence-electron chi connectivity index (χ2n) is 3.40. The minimum Gasteiger partial charge on any atom is -0.396 e. The average molecular weight is 208 g/mol. The van der Waals surface area contributed by atoms with E-state index in [-0.39, 0.29) is 6.61 Å². The topological polar surface area (TPSA) is 74.7 Å². The highest BCUT2D eigenvalue weighted by molar-refractivity contribution is 5.24. The van der Waals surface area contributed by atoms with Crippen molar-refractivity contribution in [2.75, 3.05) is 6.61 Å². The SMILES string of the molecule is CCCCc1c(C#N)nnn1CCCO. The lowest BCUT2D eigenvalue weighted by Crippen LogP contribution is -2.07. The fourth-order valence-corrected chi connectivity index (χ4v) is 1.41. The molecule has 1 aromatic rings. The van der Waals surface area contributed by atoms with Gasteiger partial charge < -0.3 is 5.11 Å². The Kier molecular flexibility index (Phi) is 4.78. The Labute approximate surface area is 89.3 Å². The van der Waals surface area contributed by atoms with Gasteiger partial charge in [0.2, 0.25) is 0 Å². The van der Waals surface area contributed by atoms with Crippen LogP contribution in [0.5, 0.6) is 0 Å². The molecule has 82 valence electrons. The van der Waals surface area contributed by atoms with Crippen LogP contribution in [0, 0.1) is 11.3 Å². The molecular weight excluding hydrogens is 192 g/mol. The first-order chi connectivity index (χ1) is 7.33. The van der Waals surface area contributed by atoms with E-state index in [1.165, 1.54) is 0 Å². The van der Waals surface area contributed by atoms with Gasteiger partial charge in [-0.25, -0.2) is 4.68 Å². The molecule has 1 N–H and O–H groups in total. The third kappa shape index (κ3) is 3.03. The number of hydrogen-bond acceptors (Lipinski definition) is 4. The van der Waals surface area contributed by atoms with Crippen molar-refractivity contribution in [2.45, 2.75) is 39.2 Å². The van der Waals surface area contributed by atoms with Gasteiger partial charge in [-0.15, -0.1) is 5.10 Å². The van der Waals surface area contributed by atoms with Crippen molar-refractivity contribution >= 4 is 0 Å². The Bertz CT molecular complexity index is 340. The molecule has 0 aliphatic rings. The Balaban J connectivity index is 2.76. The summed E-state index contributed by atoms with van der Waals surface area (Å²) in [5.74, 6) is 0. The first-order valence-electron chi connectivity index (χ1n) is 5.26. The average Bonchev–Trinajstić information content (AvgIpc) is 2.65. The molecule has 0 aromatic carbocycles. The molecule has 0 unspecified atom stereocenters. The predicted octanol–water partition coefficient (Wildman–Crippen LogP) is 0.875. The van der Waals surface area contributed by atoms with Crippen LogP contribution >= 0.6 is 0 Å². The van der Waals surface area contributed by atoms with E-state index in [2.05, 4.69) is 17.2 Å². The van der Waals surface area contributed by atoms with Gasteiger partial charge in [0.25, 0.3) is 0 Å². The van der Waals surface area contributed by atoms with Crippen molar-refractivity contribution in [1.29, 1.82) is 5.26 Å². The second-order valence-corrected chi connectivity index (χ2v) is 3.40. The van der Waals surface area contributed by atoms with E-state index in [4.69, 9.17) is 10.4 Å². The highest BCUT2D eigenvalue weighted by atomic mass is 16.3. The molecule has 1 rings (SSSR count). The standard InChI is InChI=1S/C10H16N4O/c1-2-3-5-10-9(8-11)12-13-14(10)6-4-7-15/h15H,2-7H2,1H3. The van der Waals surface area contributed by atoms with E-state index in [0.29, 0.717) is 18.7 Å². The van der Waals surface area contributed by atoms with E-state index < -0.39 is 0 Å². The quantitative estimate of drug-likeness (QED) is 0.752. The Hall–Kier alpha value is -1.41. The monoisotopic (exact) mass is 208 g/mol. The van der Waals surface area contributed by atoms with Gasteiger partial charge in [0, 0.05) is 13.2 Å². The summed E-state index contributed by atoms with van der Waals surface area (Å²) in [5.41, 5.74) is 1.31. The maximum absolute atomic E-state index is 8.84. The number of aliphatic hydroxyl groups excluding tert-OH is 1. The lowest BCUT2D eigenvalue weighted by Gasteiger charge is -2.04. The number of aliphatic hydroxyl groups is 1. The molecule has 0 bridgehead atoms. The Morgan fingerprint density at radius 1 is 1.47 bits per heavy atom. The summed E-state index contributed by atoms with van der Waals surface area (Å²) in [7, 11) is 0. The fourth-order valence-electron chi connectivity index (χ4n) is 1.41. The van der Waals surface area contributed by atoms with Crippen LogP contribution in [0.1, 0.15) is 37.6 Å². The van der Waals surface area contributed by atoms with Crippen LogP contribution < -0.4 is 0 Å². The van der Waals surface area contributed by atoms with Crippen molar-refractivity contribution in [3.8, 4) is 6.07 Å². The van der Waals surface area contributed by atoms with E-state index in [1.807, 2.05) is 6.07 Å². The molecule has 0 saturated carbocycles. The van der Waals surface area contributed by atoms with Crippen molar-refractivity contribution in [3.63, 3.8) is 0 Å². The zero-order valence-corrected chi connectivity index (χ0v) is 8.98. The zero-order chi connectivity index (χ0) is 11.1. The largest absolute Gasteiger partial charge is 0.396 e. The van der Waals surface area contributed by atoms with Crippen LogP contribution in [-0.4, -0.2) is 26.7 Å². The molecule has 0 amide bonds. The highest BCUT2D eigenvalue weighted by Gasteiger charge is 2.11. The number of rotatable bonds is 6. The normalized spacial score (nSPS) is 10.2. The lowest BCUT2D eigenvalue weighted by atomic mass is 10.1. The van der Waals surface area contributed by atoms with Crippen LogP contribution in [-0.2, 0) is 13.0 Å². The first-order valence-corrected chi connectivity index (χ1v) is 5.26. The number of aromatic nitrogens is 3. The van der Waals surface area contributed by atoms with Gasteiger partial charge in [0.15, 0.2) is 5.69 Å². The number of hydrogen-bond donors (Lipinski definition) is 1. The maximum Gasteiger partial charge on any atom is 0.185 e. The number of unbranched alkanes of at least 4 members (excludes halogenated alkanes) is 1. The summed E-state index contributed by atoms with van der Waals surface area (Å²) in [6.07, 6.45) is 3.59. The van der Waals surface area contributed by atoms with E-state index in [0.717, 1.165) is 25.0 Å². The van der Waals surface area contributed by atoms with Gasteiger partial charge in [-0.3, -0.25) is 0 Å². The zero-order valence-electron chi connectivity index (χ0n) is 8.98. The Morgan fingerprint density at radius 3 is 2.87 bits per heavy atom. The minimum atomic E-state index is 0.134. The van der Waals surface area contributed by atoms with E-state index in [9.17, 15) is 0 Å². The van der Waals surface area contributed by atoms with E-state index >= 15 is 0 Å². The van der Waals surface area contributed by atoms with Crippen molar-refractivity contribution < 1.29 is 5.11 Å². The molecule has 0 atom stereocenters. The van der Waals surface area contributed by atoms with Gasteiger partial charge in [0.05, 0.1) is 5.69 Å². The van der Waals surface area contributed by atoms with Gasteiger partial charge in [-0.2, -0.15) is 5.26 Å². The van der Waals surface area contributed by atoms with Crippen LogP contribution in [0.3, 0.4) is 0 Å². The molecule has 15 heavy (non-hydrogen) atoms. The smallest absolute Gasteiger partial charge is 0.185 e. The first kappa shape index (κ1) is 11.7. The molecule has 0 aliphatic carbocycles. The van der Waals surface area contributed by atoms with Crippen LogP contribution in [0.25, 0.3) is 0 Å². The van der Waals surface area contributed by atoms with Crippen LogP contribution in [0.15, 0.2) is 0 Å². The number of aryl methyl sites for hydroxylation is 1. The molecule has 0 radical (unpaired) electrons. The molecule has 0 saturated heterocycles. The maximum atomic E-state index is 8.84. The van der Waals surface area contributed by atoms with Crippen molar-refractivity contribution in [1.82, 2.24) is 15.0 Å². The van der Waals surface area contributed by atoms with Gasteiger partial charge >= 0.3 is 0 Å². The third-order valence-corrected chi connectivity index (χ3v) is 2.24. The summed E-state index contributed by atoms with van der Waals surface area (Å²) in [4.78, 5) is 0. The highest BCUT2D eigenvalue weighted by Crippen LogP contribution is 2.09. The summed E-state index contributed by atoms with van der Waals surface area (Å²) < 4.78 is 1.73. The van der Waals surface area contributed by atoms with E-state index in [1.54, 1.807) is 4.68 Å². The predicted molar refractivity (Wildman–Crippen MR) is 55.1 cm³/mol. The van der Waals surface area contributed by atoms with Crippen molar-refractivity contribution in [2.24, 2.45) is 0 Å². The van der Waals surface area contributed by atoms with Crippen LogP contribution in [0.2, 0.25) is 0 Å². The lowest BCUT2D eigenvalue weighted by molar-refractivity contribution is 0.275. The number of nitrogens with zero attached hydrogens (tertiary/aromatic N) is 4. The molecule has 5 heteroatoms. The Morgan fingerprint density at radius 2 is 2.27 bits per heavy atom. The molecule has 0 fully saturated rings. The second kappa shape index (κ2) is 6.14. The summed E-state index contributed by atoms with van der Waals surface area (Å²) in [6.45, 7) is 2.87. The van der Waals surface area contributed by atoms with Crippen LogP contribution in [0.4, 0.5) is 0 Å². The summed E-state index contributed by atoms with van der Waals surface area (Å²) >= 11 is 0. The van der Waals surface area contributed by atoms with Gasteiger partial charge in [-0.1, -0.05) is 18.6 Å². The molecule has 0 spiro atoms. The summed E-state index contributed by atoms with van der Waals surface area (Å²) in [5, 5.41) is 25.3. The summed E-state index contributed by atoms with van der Waals surface area (Å²) in [6, 6.07) is 2.04. The molecular formula is C10H16N4O. The fraction of sp³-hybridized carbons (Fsp3) is 0.700. The molecule has 1 heterocycles. The van der Waals surface area contributed by atoms with Crippen molar-refractivity contribution in [3.05, 3.63) is 11.4 Å². The molecule has 1 aromatic heterocycles. The molecule has 0 aliphatic heterocycles. The third-order valence-electron chi connectivity index (χ3n) is 2.24. The van der Waals surface area contributed by atoms with Gasteiger partial charge in [-0.05, 0) is 19.3 Å². The van der Waals surface area contributed by atoms with Gasteiger partial charge in [0.1, 0.15) is 6.07 Å². The molecule has 5 nitrogen and oxygen atoms in total. The minimum absolute atomic E-state index is 0.134. The number of nitriles is 1.